The van der Waals surface area contributed by atoms with E-state index in [4.69, 9.17) is 5.73 Å². The SMILES string of the molecule is Nc1nc(-c2ccc(Br)cc2C(F)(F)F)nc2c1CSC2. The number of hydrogen-bond donors (Lipinski definition) is 1. The first-order chi connectivity index (χ1) is 9.86. The van der Waals surface area contributed by atoms with Gasteiger partial charge in [0.05, 0.1) is 11.3 Å². The summed E-state index contributed by atoms with van der Waals surface area (Å²) in [4.78, 5) is 8.32. The highest BCUT2D eigenvalue weighted by atomic mass is 79.9. The number of thioether (sulfide) groups is 1. The molecule has 0 bridgehead atoms. The van der Waals surface area contributed by atoms with Gasteiger partial charge in [0, 0.05) is 27.1 Å². The number of nitrogens with two attached hydrogens (primary N) is 1. The highest BCUT2D eigenvalue weighted by Gasteiger charge is 2.35. The standard InChI is InChI=1S/C13H9BrF3N3S/c14-6-1-2-7(9(3-6)13(15,16)17)12-19-10-5-21-4-8(10)11(18)20-12/h1-3H,4-5H2,(H2,18,19,20). The molecule has 1 aromatic heterocycles. The Bertz CT molecular complexity index is 719. The molecule has 0 atom stereocenters. The van der Waals surface area contributed by atoms with Crippen LogP contribution in [-0.4, -0.2) is 9.97 Å². The van der Waals surface area contributed by atoms with Gasteiger partial charge in [-0.15, -0.1) is 0 Å². The number of alkyl halides is 3. The van der Waals surface area contributed by atoms with Gasteiger partial charge < -0.3 is 5.73 Å². The molecule has 0 radical (unpaired) electrons. The van der Waals surface area contributed by atoms with Crippen LogP contribution in [0.15, 0.2) is 22.7 Å². The minimum Gasteiger partial charge on any atom is -0.383 e. The van der Waals surface area contributed by atoms with Gasteiger partial charge in [0.25, 0.3) is 0 Å². The minimum absolute atomic E-state index is 0.0218. The summed E-state index contributed by atoms with van der Waals surface area (Å²) in [5.74, 6) is 1.63. The first-order valence-corrected chi connectivity index (χ1v) is 7.91. The van der Waals surface area contributed by atoms with Crippen LogP contribution in [-0.2, 0) is 17.7 Å². The first kappa shape index (κ1) is 14.6. The smallest absolute Gasteiger partial charge is 0.383 e. The molecule has 0 amide bonds. The molecular formula is C13H9BrF3N3S. The average molecular weight is 376 g/mol. The predicted molar refractivity (Wildman–Crippen MR) is 79.6 cm³/mol. The normalized spacial score (nSPS) is 14.3. The third-order valence-electron chi connectivity index (χ3n) is 3.14. The van der Waals surface area contributed by atoms with Crippen molar-refractivity contribution in [2.45, 2.75) is 17.7 Å². The van der Waals surface area contributed by atoms with Gasteiger partial charge in [0.2, 0.25) is 0 Å². The number of halogens is 4. The van der Waals surface area contributed by atoms with E-state index in [1.165, 1.54) is 12.1 Å². The van der Waals surface area contributed by atoms with Crippen molar-refractivity contribution in [3.05, 3.63) is 39.5 Å². The van der Waals surface area contributed by atoms with E-state index < -0.39 is 11.7 Å². The van der Waals surface area contributed by atoms with Gasteiger partial charge in [-0.2, -0.15) is 24.9 Å². The van der Waals surface area contributed by atoms with Crippen molar-refractivity contribution in [3.63, 3.8) is 0 Å². The molecule has 3 nitrogen and oxygen atoms in total. The quantitative estimate of drug-likeness (QED) is 0.809. The van der Waals surface area contributed by atoms with E-state index in [1.54, 1.807) is 11.8 Å². The summed E-state index contributed by atoms with van der Waals surface area (Å²) in [6, 6.07) is 3.92. The van der Waals surface area contributed by atoms with Crippen LogP contribution in [0.1, 0.15) is 16.8 Å². The fourth-order valence-electron chi connectivity index (χ4n) is 2.14. The van der Waals surface area contributed by atoms with Crippen LogP contribution in [0.4, 0.5) is 19.0 Å². The van der Waals surface area contributed by atoms with Gasteiger partial charge in [-0.3, -0.25) is 0 Å². The molecule has 21 heavy (non-hydrogen) atoms. The van der Waals surface area contributed by atoms with Crippen molar-refractivity contribution in [3.8, 4) is 11.4 Å². The van der Waals surface area contributed by atoms with E-state index in [2.05, 4.69) is 25.9 Å². The summed E-state index contributed by atoms with van der Waals surface area (Å²) < 4.78 is 39.9. The maximum Gasteiger partial charge on any atom is 0.417 e. The second-order valence-corrected chi connectivity index (χ2v) is 6.44. The van der Waals surface area contributed by atoms with Crippen LogP contribution in [0.25, 0.3) is 11.4 Å². The second kappa shape index (κ2) is 5.17. The van der Waals surface area contributed by atoms with Crippen LogP contribution in [0, 0.1) is 0 Å². The molecule has 1 aliphatic heterocycles. The van der Waals surface area contributed by atoms with Crippen LogP contribution >= 0.6 is 27.7 Å². The summed E-state index contributed by atoms with van der Waals surface area (Å²) in [6.07, 6.45) is -4.48. The first-order valence-electron chi connectivity index (χ1n) is 5.96. The van der Waals surface area contributed by atoms with Crippen molar-refractivity contribution in [1.29, 1.82) is 0 Å². The summed E-state index contributed by atoms with van der Waals surface area (Å²) in [5, 5.41) is 0. The van der Waals surface area contributed by atoms with Crippen LogP contribution in [0.2, 0.25) is 0 Å². The highest BCUT2D eigenvalue weighted by molar-refractivity contribution is 9.10. The second-order valence-electron chi connectivity index (χ2n) is 4.54. The molecule has 2 heterocycles. The summed E-state index contributed by atoms with van der Waals surface area (Å²) in [5.41, 5.74) is 6.56. The van der Waals surface area contributed by atoms with E-state index in [9.17, 15) is 13.2 Å². The van der Waals surface area contributed by atoms with Crippen molar-refractivity contribution < 1.29 is 13.2 Å². The van der Waals surface area contributed by atoms with E-state index in [0.717, 1.165) is 17.3 Å². The Kier molecular flexibility index (Phi) is 3.61. The van der Waals surface area contributed by atoms with E-state index in [-0.39, 0.29) is 17.2 Å². The molecule has 0 saturated heterocycles. The van der Waals surface area contributed by atoms with Crippen LogP contribution < -0.4 is 5.73 Å². The maximum atomic E-state index is 13.2. The molecule has 0 unspecified atom stereocenters. The topological polar surface area (TPSA) is 51.8 Å². The Morgan fingerprint density at radius 3 is 2.67 bits per heavy atom. The number of nitrogens with zero attached hydrogens (tertiary/aromatic N) is 2. The fourth-order valence-corrected chi connectivity index (χ4v) is 3.56. The largest absolute Gasteiger partial charge is 0.417 e. The number of fused-ring (bicyclic) bond motifs is 1. The van der Waals surface area contributed by atoms with Gasteiger partial charge >= 0.3 is 6.18 Å². The Morgan fingerprint density at radius 2 is 1.95 bits per heavy atom. The predicted octanol–water partition coefficient (Wildman–Crippen LogP) is 4.25. The molecule has 8 heteroatoms. The lowest BCUT2D eigenvalue weighted by atomic mass is 10.1. The van der Waals surface area contributed by atoms with Crippen LogP contribution in [0.3, 0.4) is 0 Å². The Labute approximate surface area is 131 Å². The van der Waals surface area contributed by atoms with E-state index in [0.29, 0.717) is 16.0 Å². The number of rotatable bonds is 1. The van der Waals surface area contributed by atoms with Gasteiger partial charge in [-0.1, -0.05) is 15.9 Å². The molecule has 1 aliphatic rings. The maximum absolute atomic E-state index is 13.2. The van der Waals surface area contributed by atoms with E-state index >= 15 is 0 Å². The number of benzene rings is 1. The molecule has 0 aliphatic carbocycles. The molecule has 1 aromatic carbocycles. The molecule has 110 valence electrons. The molecule has 0 spiro atoms. The lowest BCUT2D eigenvalue weighted by molar-refractivity contribution is -0.137. The van der Waals surface area contributed by atoms with Gasteiger partial charge in [-0.25, -0.2) is 9.97 Å². The Hall–Kier alpha value is -1.28. The van der Waals surface area contributed by atoms with Crippen molar-refractivity contribution in [1.82, 2.24) is 9.97 Å². The van der Waals surface area contributed by atoms with E-state index in [1.807, 2.05) is 0 Å². The summed E-state index contributed by atoms with van der Waals surface area (Å²) >= 11 is 4.68. The minimum atomic E-state index is -4.48. The van der Waals surface area contributed by atoms with Crippen molar-refractivity contribution in [2.24, 2.45) is 0 Å². The van der Waals surface area contributed by atoms with Gasteiger partial charge in [-0.05, 0) is 18.2 Å². The fraction of sp³-hybridized carbons (Fsp3) is 0.231. The molecule has 0 fully saturated rings. The molecule has 0 saturated carbocycles. The number of aromatic nitrogens is 2. The molecule has 2 aromatic rings. The van der Waals surface area contributed by atoms with Crippen molar-refractivity contribution in [2.75, 3.05) is 5.73 Å². The molecule has 3 rings (SSSR count). The lowest BCUT2D eigenvalue weighted by Gasteiger charge is -2.13. The zero-order valence-electron chi connectivity index (χ0n) is 10.5. The Morgan fingerprint density at radius 1 is 1.19 bits per heavy atom. The summed E-state index contributed by atoms with van der Waals surface area (Å²) in [7, 11) is 0. The average Bonchev–Trinajstić information content (AvgIpc) is 2.86. The third kappa shape index (κ3) is 2.74. The highest BCUT2D eigenvalue weighted by Crippen LogP contribution is 2.39. The van der Waals surface area contributed by atoms with Crippen molar-refractivity contribution >= 4 is 33.5 Å². The number of nitrogen functional groups attached to an aromatic ring is 1. The molecule has 2 N–H and O–H groups in total. The lowest BCUT2D eigenvalue weighted by Crippen LogP contribution is -2.10. The zero-order chi connectivity index (χ0) is 15.2. The zero-order valence-corrected chi connectivity index (χ0v) is 12.9. The Balaban J connectivity index is 2.20. The monoisotopic (exact) mass is 375 g/mol. The van der Waals surface area contributed by atoms with Gasteiger partial charge in [0.15, 0.2) is 5.82 Å². The number of hydrogen-bond acceptors (Lipinski definition) is 4. The third-order valence-corrected chi connectivity index (χ3v) is 4.60. The van der Waals surface area contributed by atoms with Gasteiger partial charge in [0.1, 0.15) is 5.82 Å². The van der Waals surface area contributed by atoms with Crippen LogP contribution in [0.5, 0.6) is 0 Å². The summed E-state index contributed by atoms with van der Waals surface area (Å²) in [6.45, 7) is 0. The molecular weight excluding hydrogens is 367 g/mol. The number of anilines is 1.